The molecule has 3 atom stereocenters. The number of aromatic nitrogens is 2. The lowest BCUT2D eigenvalue weighted by Gasteiger charge is -2.40. The summed E-state index contributed by atoms with van der Waals surface area (Å²) in [6, 6.07) is 9.12. The van der Waals surface area contributed by atoms with Crippen LogP contribution in [0.1, 0.15) is 50.3 Å². The van der Waals surface area contributed by atoms with E-state index in [-0.39, 0.29) is 6.04 Å². The molecule has 3 unspecified atom stereocenters. The number of hydrogen-bond donors (Lipinski definition) is 1. The molecule has 1 aromatic carbocycles. The molecule has 2 fully saturated rings. The van der Waals surface area contributed by atoms with Gasteiger partial charge >= 0.3 is 0 Å². The second-order valence-corrected chi connectivity index (χ2v) is 9.07. The van der Waals surface area contributed by atoms with Crippen LogP contribution in [-0.2, 0) is 0 Å². The van der Waals surface area contributed by atoms with Gasteiger partial charge in [0.1, 0.15) is 5.75 Å². The quantitative estimate of drug-likeness (QED) is 0.552. The zero-order valence-corrected chi connectivity index (χ0v) is 19.8. The van der Waals surface area contributed by atoms with Crippen LogP contribution in [0.4, 0.5) is 0 Å². The molecule has 3 heterocycles. The van der Waals surface area contributed by atoms with E-state index in [4.69, 9.17) is 4.74 Å². The summed E-state index contributed by atoms with van der Waals surface area (Å²) in [5, 5.41) is 3.72. The average molecular weight is 439 g/mol. The number of likely N-dealkylation sites (tertiary alicyclic amines) is 2. The predicted molar refractivity (Wildman–Crippen MR) is 129 cm³/mol. The molecule has 4 rings (SSSR count). The van der Waals surface area contributed by atoms with Crippen LogP contribution in [0.5, 0.6) is 5.75 Å². The van der Waals surface area contributed by atoms with Crippen LogP contribution in [0, 0.1) is 5.92 Å². The average Bonchev–Trinajstić information content (AvgIpc) is 3.38. The van der Waals surface area contributed by atoms with Gasteiger partial charge in [0.05, 0.1) is 25.5 Å². The van der Waals surface area contributed by atoms with Crippen molar-refractivity contribution < 1.29 is 4.74 Å². The number of piperidine rings is 2. The van der Waals surface area contributed by atoms with Gasteiger partial charge in [0.25, 0.3) is 0 Å². The lowest BCUT2D eigenvalue weighted by atomic mass is 9.93. The van der Waals surface area contributed by atoms with Crippen LogP contribution in [0.15, 0.2) is 48.0 Å². The van der Waals surface area contributed by atoms with Gasteiger partial charge in [0.15, 0.2) is 5.96 Å². The first-order valence-electron chi connectivity index (χ1n) is 12.0. The summed E-state index contributed by atoms with van der Waals surface area (Å²) in [7, 11) is 3.66. The zero-order valence-electron chi connectivity index (χ0n) is 19.8. The normalized spacial score (nSPS) is 23.7. The molecule has 0 radical (unpaired) electrons. The van der Waals surface area contributed by atoms with Gasteiger partial charge in [0, 0.05) is 44.6 Å². The molecule has 1 aromatic heterocycles. The summed E-state index contributed by atoms with van der Waals surface area (Å²) in [6.07, 6.45) is 10.9. The molecule has 0 bridgehead atoms. The Kier molecular flexibility index (Phi) is 7.68. The van der Waals surface area contributed by atoms with Crippen molar-refractivity contribution in [3.63, 3.8) is 0 Å². The fourth-order valence-corrected chi connectivity index (χ4v) is 5.22. The number of benzene rings is 1. The molecule has 2 aromatic rings. The van der Waals surface area contributed by atoms with Crippen molar-refractivity contribution in [3.05, 3.63) is 48.5 Å². The molecule has 0 aliphatic carbocycles. The van der Waals surface area contributed by atoms with E-state index >= 15 is 0 Å². The van der Waals surface area contributed by atoms with Crippen molar-refractivity contribution in [3.8, 4) is 5.75 Å². The van der Waals surface area contributed by atoms with Crippen molar-refractivity contribution in [1.82, 2.24) is 24.7 Å². The molecule has 2 aliphatic heterocycles. The van der Waals surface area contributed by atoms with Crippen molar-refractivity contribution in [2.24, 2.45) is 10.9 Å². The first-order valence-corrected chi connectivity index (χ1v) is 12.0. The number of rotatable bonds is 6. The number of hydrogen-bond acceptors (Lipinski definition) is 4. The van der Waals surface area contributed by atoms with Gasteiger partial charge in [-0.15, -0.1) is 0 Å². The largest absolute Gasteiger partial charge is 0.496 e. The van der Waals surface area contributed by atoms with Crippen molar-refractivity contribution >= 4 is 5.96 Å². The lowest BCUT2D eigenvalue weighted by Crippen LogP contribution is -2.50. The maximum Gasteiger partial charge on any atom is 0.193 e. The van der Waals surface area contributed by atoms with Gasteiger partial charge in [0.2, 0.25) is 0 Å². The molecule has 1 N–H and O–H groups in total. The molecule has 32 heavy (non-hydrogen) atoms. The van der Waals surface area contributed by atoms with Crippen molar-refractivity contribution in [2.75, 3.05) is 46.9 Å². The first-order chi connectivity index (χ1) is 15.7. The Morgan fingerprint density at radius 2 is 2.03 bits per heavy atom. The Morgan fingerprint density at radius 3 is 2.75 bits per heavy atom. The maximum absolute atomic E-state index is 5.73. The molecular formula is C25H38N6O. The second kappa shape index (κ2) is 10.9. The van der Waals surface area contributed by atoms with E-state index in [0.717, 1.165) is 50.9 Å². The third-order valence-electron chi connectivity index (χ3n) is 7.12. The highest BCUT2D eigenvalue weighted by Crippen LogP contribution is 2.31. The van der Waals surface area contributed by atoms with Crippen LogP contribution < -0.4 is 10.1 Å². The number of ether oxygens (including phenoxy) is 1. The SMILES string of the molecule is CN=C(NCC(c1ccccc1OC)N1CCCCC1)N1CCC(C)C(n2ccnc2)C1. The Morgan fingerprint density at radius 1 is 1.22 bits per heavy atom. The van der Waals surface area contributed by atoms with Gasteiger partial charge in [-0.2, -0.15) is 0 Å². The van der Waals surface area contributed by atoms with E-state index in [9.17, 15) is 0 Å². The number of nitrogens with one attached hydrogen (secondary N) is 1. The number of nitrogens with zero attached hydrogens (tertiary/aromatic N) is 5. The molecule has 174 valence electrons. The Bertz CT molecular complexity index is 861. The van der Waals surface area contributed by atoms with E-state index in [1.807, 2.05) is 25.6 Å². The third-order valence-corrected chi connectivity index (χ3v) is 7.12. The smallest absolute Gasteiger partial charge is 0.193 e. The molecule has 7 heteroatoms. The predicted octanol–water partition coefficient (Wildman–Crippen LogP) is 3.58. The topological polar surface area (TPSA) is 57.9 Å². The Hall–Kier alpha value is -2.54. The van der Waals surface area contributed by atoms with E-state index in [0.29, 0.717) is 12.0 Å². The third kappa shape index (κ3) is 5.09. The first kappa shape index (κ1) is 22.6. The summed E-state index contributed by atoms with van der Waals surface area (Å²) < 4.78 is 7.98. The van der Waals surface area contributed by atoms with Crippen LogP contribution in [0.25, 0.3) is 0 Å². The Labute approximate surface area is 192 Å². The minimum atomic E-state index is 0.261. The lowest BCUT2D eigenvalue weighted by molar-refractivity contribution is 0.157. The second-order valence-electron chi connectivity index (χ2n) is 9.07. The summed E-state index contributed by atoms with van der Waals surface area (Å²) in [5.74, 6) is 2.57. The monoisotopic (exact) mass is 438 g/mol. The minimum absolute atomic E-state index is 0.261. The minimum Gasteiger partial charge on any atom is -0.496 e. The van der Waals surface area contributed by atoms with E-state index in [1.54, 1.807) is 7.11 Å². The molecule has 2 saturated heterocycles. The summed E-state index contributed by atoms with van der Waals surface area (Å²) in [5.41, 5.74) is 1.25. The number of para-hydroxylation sites is 1. The molecular weight excluding hydrogens is 400 g/mol. The highest BCUT2D eigenvalue weighted by atomic mass is 16.5. The highest BCUT2D eigenvalue weighted by molar-refractivity contribution is 5.80. The number of methoxy groups -OCH3 is 1. The number of guanidine groups is 1. The highest BCUT2D eigenvalue weighted by Gasteiger charge is 2.30. The van der Waals surface area contributed by atoms with Gasteiger partial charge in [-0.25, -0.2) is 4.98 Å². The molecule has 0 amide bonds. The number of imidazole rings is 1. The van der Waals surface area contributed by atoms with E-state index < -0.39 is 0 Å². The van der Waals surface area contributed by atoms with Gasteiger partial charge < -0.3 is 19.5 Å². The molecule has 2 aliphatic rings. The van der Waals surface area contributed by atoms with Crippen LogP contribution in [0.3, 0.4) is 0 Å². The molecule has 0 saturated carbocycles. The summed E-state index contributed by atoms with van der Waals surface area (Å²) >= 11 is 0. The number of aliphatic imine (C=N–C) groups is 1. The van der Waals surface area contributed by atoms with Crippen molar-refractivity contribution in [2.45, 2.75) is 44.7 Å². The summed E-state index contributed by atoms with van der Waals surface area (Å²) in [4.78, 5) is 13.9. The van der Waals surface area contributed by atoms with Crippen LogP contribution in [-0.4, -0.2) is 72.2 Å². The fraction of sp³-hybridized carbons (Fsp3) is 0.600. The Balaban J connectivity index is 1.48. The zero-order chi connectivity index (χ0) is 22.3. The van der Waals surface area contributed by atoms with Gasteiger partial charge in [-0.3, -0.25) is 9.89 Å². The summed E-state index contributed by atoms with van der Waals surface area (Å²) in [6.45, 7) is 7.39. The maximum atomic E-state index is 5.73. The van der Waals surface area contributed by atoms with Crippen LogP contribution >= 0.6 is 0 Å². The van der Waals surface area contributed by atoms with E-state index in [1.165, 1.54) is 24.8 Å². The fourth-order valence-electron chi connectivity index (χ4n) is 5.22. The van der Waals surface area contributed by atoms with Gasteiger partial charge in [-0.05, 0) is 44.3 Å². The van der Waals surface area contributed by atoms with Crippen molar-refractivity contribution in [1.29, 1.82) is 0 Å². The molecule has 0 spiro atoms. The standard InChI is InChI=1S/C25H38N6O/c1-20-11-15-30(18-23(20)31-16-12-27-19-31)25(26-2)28-17-22(29-13-7-4-8-14-29)21-9-5-6-10-24(21)32-3/h5-6,9-10,12,16,19-20,22-23H,4,7-8,11,13-15,17-18H2,1-3H3,(H,26,28). The van der Waals surface area contributed by atoms with Crippen LogP contribution in [0.2, 0.25) is 0 Å². The van der Waals surface area contributed by atoms with Gasteiger partial charge in [-0.1, -0.05) is 31.5 Å². The molecule has 7 nitrogen and oxygen atoms in total. The van der Waals surface area contributed by atoms with E-state index in [2.05, 4.69) is 61.0 Å².